The molecule has 1 heterocycles. The lowest BCUT2D eigenvalue weighted by atomic mass is 9.64. The van der Waals surface area contributed by atoms with Gasteiger partial charge in [-0.25, -0.2) is 9.13 Å². The number of aromatic nitrogens is 2. The summed E-state index contributed by atoms with van der Waals surface area (Å²) in [6.07, 6.45) is 7.17. The van der Waals surface area contributed by atoms with Gasteiger partial charge < -0.3 is 27.5 Å². The van der Waals surface area contributed by atoms with Crippen molar-refractivity contribution in [1.29, 1.82) is 0 Å². The van der Waals surface area contributed by atoms with E-state index in [2.05, 4.69) is 28.5 Å². The number of hydrogen-bond acceptors (Lipinski definition) is 2. The Hall–Kier alpha value is -2.44. The number of carbonyl (C=O) groups is 1. The van der Waals surface area contributed by atoms with Gasteiger partial charge in [-0.05, 0) is 36.3 Å². The molecule has 0 radical (unpaired) electrons. The van der Waals surface area contributed by atoms with Gasteiger partial charge in [0.25, 0.3) is 5.82 Å². The number of nitrogens with two attached hydrogens (primary N) is 1. The third-order valence-corrected chi connectivity index (χ3v) is 6.99. The van der Waals surface area contributed by atoms with Crippen LogP contribution in [0, 0.1) is 12.8 Å². The normalized spacial score (nSPS) is 18.3. The van der Waals surface area contributed by atoms with Crippen LogP contribution in [-0.2, 0) is 21.5 Å². The van der Waals surface area contributed by atoms with Crippen molar-refractivity contribution in [3.63, 3.8) is 0 Å². The minimum Gasteiger partial charge on any atom is -1.00 e. The molecule has 2 aromatic carbocycles. The Balaban J connectivity index is 0.00000289. The Morgan fingerprint density at radius 2 is 1.69 bits per heavy atom. The van der Waals surface area contributed by atoms with Crippen LogP contribution in [0.2, 0.25) is 0 Å². The second-order valence-corrected chi connectivity index (χ2v) is 8.51. The van der Waals surface area contributed by atoms with Crippen LogP contribution in [0.3, 0.4) is 0 Å². The summed E-state index contributed by atoms with van der Waals surface area (Å²) in [5.74, 6) is 1.08. The highest BCUT2D eigenvalue weighted by atomic mass is 79.9. The van der Waals surface area contributed by atoms with Crippen molar-refractivity contribution in [3.8, 4) is 0 Å². The summed E-state index contributed by atoms with van der Waals surface area (Å²) in [6, 6.07) is 20.5. The summed E-state index contributed by atoms with van der Waals surface area (Å²) in [5.41, 5.74) is 7.37. The van der Waals surface area contributed by atoms with Crippen molar-refractivity contribution in [1.82, 2.24) is 4.57 Å². The minimum absolute atomic E-state index is 0. The lowest BCUT2D eigenvalue weighted by Crippen LogP contribution is -3.00. The van der Waals surface area contributed by atoms with E-state index in [9.17, 15) is 4.79 Å². The van der Waals surface area contributed by atoms with Crippen molar-refractivity contribution in [3.05, 3.63) is 90.0 Å². The summed E-state index contributed by atoms with van der Waals surface area (Å²) in [7, 11) is 1.73. The smallest absolute Gasteiger partial charge is 0.253 e. The summed E-state index contributed by atoms with van der Waals surface area (Å²) in [6.45, 7) is 3.68. The number of ether oxygens (including phenoxy) is 1. The molecule has 6 heteroatoms. The van der Waals surface area contributed by atoms with E-state index in [1.54, 1.807) is 7.11 Å². The molecular formula is C26H32BrN3O2. The molecule has 0 bridgehead atoms. The van der Waals surface area contributed by atoms with Crippen LogP contribution in [0.15, 0.2) is 73.1 Å². The summed E-state index contributed by atoms with van der Waals surface area (Å²) in [5, 5.41) is 0. The molecule has 0 aliphatic heterocycles. The number of halogens is 1. The third-order valence-electron chi connectivity index (χ3n) is 6.99. The molecule has 1 aliphatic carbocycles. The zero-order chi connectivity index (χ0) is 21.8. The number of carbonyl (C=O) groups excluding carboxylic acids is 1. The van der Waals surface area contributed by atoms with Crippen LogP contribution in [-0.4, -0.2) is 24.2 Å². The maximum absolute atomic E-state index is 13.2. The van der Waals surface area contributed by atoms with Gasteiger partial charge in [-0.15, -0.1) is 0 Å². The maximum Gasteiger partial charge on any atom is 0.253 e. The van der Waals surface area contributed by atoms with Crippen LogP contribution in [0.25, 0.3) is 0 Å². The van der Waals surface area contributed by atoms with E-state index in [0.717, 1.165) is 36.9 Å². The van der Waals surface area contributed by atoms with Crippen LogP contribution < -0.4 is 27.3 Å². The molecule has 2 unspecified atom stereocenters. The second-order valence-electron chi connectivity index (χ2n) is 8.51. The predicted octanol–water partition coefficient (Wildman–Crippen LogP) is 0.547. The van der Waals surface area contributed by atoms with Gasteiger partial charge in [0.15, 0.2) is 0 Å². The third kappa shape index (κ3) is 4.26. The van der Waals surface area contributed by atoms with E-state index in [-0.39, 0.29) is 28.8 Å². The van der Waals surface area contributed by atoms with E-state index in [1.165, 1.54) is 5.82 Å². The van der Waals surface area contributed by atoms with Crippen molar-refractivity contribution < 1.29 is 31.1 Å². The highest BCUT2D eigenvalue weighted by molar-refractivity contribution is 5.91. The van der Waals surface area contributed by atoms with Gasteiger partial charge in [0, 0.05) is 14.0 Å². The minimum atomic E-state index is -0.829. The first-order valence-electron chi connectivity index (χ1n) is 11.1. The number of amides is 1. The SMILES string of the molecule is COCC[n+]1ccn(C2CCC(C(C(N)=O)(c3ccccc3)c3ccccc3)C2)c1C.[Br-]. The molecule has 0 spiro atoms. The second kappa shape index (κ2) is 10.5. The number of methoxy groups -OCH3 is 1. The van der Waals surface area contributed by atoms with Gasteiger partial charge in [0.1, 0.15) is 30.4 Å². The molecule has 1 amide bonds. The van der Waals surface area contributed by atoms with Crippen LogP contribution in [0.1, 0.15) is 42.3 Å². The monoisotopic (exact) mass is 497 g/mol. The largest absolute Gasteiger partial charge is 1.00 e. The van der Waals surface area contributed by atoms with E-state index >= 15 is 0 Å². The molecular weight excluding hydrogens is 466 g/mol. The zero-order valence-corrected chi connectivity index (χ0v) is 20.4. The van der Waals surface area contributed by atoms with Crippen LogP contribution >= 0.6 is 0 Å². The topological polar surface area (TPSA) is 61.1 Å². The van der Waals surface area contributed by atoms with Gasteiger partial charge >= 0.3 is 0 Å². The molecule has 2 atom stereocenters. The van der Waals surface area contributed by atoms with E-state index < -0.39 is 5.41 Å². The average molecular weight is 498 g/mol. The molecule has 1 aromatic heterocycles. The van der Waals surface area contributed by atoms with Gasteiger partial charge in [-0.2, -0.15) is 0 Å². The summed E-state index contributed by atoms with van der Waals surface area (Å²) < 4.78 is 9.83. The van der Waals surface area contributed by atoms with Crippen LogP contribution in [0.4, 0.5) is 0 Å². The molecule has 0 saturated heterocycles. The van der Waals surface area contributed by atoms with Gasteiger partial charge in [0.2, 0.25) is 5.91 Å². The molecule has 32 heavy (non-hydrogen) atoms. The lowest BCUT2D eigenvalue weighted by Gasteiger charge is -2.37. The Kier molecular flexibility index (Phi) is 7.91. The number of primary amides is 1. The van der Waals surface area contributed by atoms with E-state index in [0.29, 0.717) is 12.6 Å². The van der Waals surface area contributed by atoms with Crippen molar-refractivity contribution in [2.45, 2.75) is 44.2 Å². The molecule has 3 aromatic rings. The van der Waals surface area contributed by atoms with E-state index in [1.807, 2.05) is 60.7 Å². The molecule has 4 rings (SSSR count). The number of nitrogens with zero attached hydrogens (tertiary/aromatic N) is 2. The first-order valence-corrected chi connectivity index (χ1v) is 11.1. The van der Waals surface area contributed by atoms with Crippen LogP contribution in [0.5, 0.6) is 0 Å². The first kappa shape index (κ1) is 24.2. The Morgan fingerprint density at radius 1 is 1.09 bits per heavy atom. The lowest BCUT2D eigenvalue weighted by molar-refractivity contribution is -0.703. The zero-order valence-electron chi connectivity index (χ0n) is 18.8. The number of imidazole rings is 1. The summed E-state index contributed by atoms with van der Waals surface area (Å²) >= 11 is 0. The highest BCUT2D eigenvalue weighted by Crippen LogP contribution is 2.49. The first-order chi connectivity index (χ1) is 15.1. The molecule has 1 aliphatic rings. The van der Waals surface area contributed by atoms with Crippen molar-refractivity contribution in [2.24, 2.45) is 11.7 Å². The number of rotatable bonds is 8. The fourth-order valence-electron chi connectivity index (χ4n) is 5.46. The van der Waals surface area contributed by atoms with Crippen molar-refractivity contribution in [2.75, 3.05) is 13.7 Å². The quantitative estimate of drug-likeness (QED) is 0.462. The molecule has 170 valence electrons. The highest BCUT2D eigenvalue weighted by Gasteiger charge is 2.51. The molecule has 1 saturated carbocycles. The molecule has 1 fully saturated rings. The summed E-state index contributed by atoms with van der Waals surface area (Å²) in [4.78, 5) is 13.2. The fraction of sp³-hybridized carbons (Fsp3) is 0.385. The Bertz CT molecular complexity index is 981. The predicted molar refractivity (Wildman–Crippen MR) is 120 cm³/mol. The van der Waals surface area contributed by atoms with Crippen molar-refractivity contribution >= 4 is 5.91 Å². The standard InChI is InChI=1S/C26H31N3O2.BrH/c1-20-28(17-18-31-2)15-16-29(20)24-14-13-23(19-24)26(25(27)30,21-9-5-3-6-10-21)22-11-7-4-8-12-22;/h3-12,15-16,23-24H,13-14,17-19H2,1-2H3,(H-,27,30);1H. The van der Waals surface area contributed by atoms with Gasteiger partial charge in [-0.3, -0.25) is 4.79 Å². The molecule has 2 N–H and O–H groups in total. The van der Waals surface area contributed by atoms with E-state index in [4.69, 9.17) is 10.5 Å². The number of benzene rings is 2. The number of hydrogen-bond donors (Lipinski definition) is 1. The molecule has 5 nitrogen and oxygen atoms in total. The Labute approximate surface area is 201 Å². The van der Waals surface area contributed by atoms with Gasteiger partial charge in [-0.1, -0.05) is 60.7 Å². The van der Waals surface area contributed by atoms with Gasteiger partial charge in [0.05, 0.1) is 6.61 Å². The average Bonchev–Trinajstić information content (AvgIpc) is 3.41. The Morgan fingerprint density at radius 3 is 2.22 bits per heavy atom. The maximum atomic E-state index is 13.2. The fourth-order valence-corrected chi connectivity index (χ4v) is 5.46.